The van der Waals surface area contributed by atoms with Gasteiger partial charge in [0.15, 0.2) is 0 Å². The van der Waals surface area contributed by atoms with E-state index in [1.54, 1.807) is 9.80 Å². The lowest BCUT2D eigenvalue weighted by molar-refractivity contribution is -0.132. The van der Waals surface area contributed by atoms with Gasteiger partial charge in [0, 0.05) is 25.7 Å². The van der Waals surface area contributed by atoms with Gasteiger partial charge in [-0.05, 0) is 31.2 Å². The first-order chi connectivity index (χ1) is 15.0. The quantitative estimate of drug-likeness (QED) is 0.587. The fourth-order valence-corrected chi connectivity index (χ4v) is 3.70. The summed E-state index contributed by atoms with van der Waals surface area (Å²) in [6.45, 7) is 13.2. The second kappa shape index (κ2) is 11.0. The first-order valence-corrected chi connectivity index (χ1v) is 11.2. The van der Waals surface area contributed by atoms with E-state index in [1.165, 1.54) is 4.57 Å². The lowest BCUT2D eigenvalue weighted by Gasteiger charge is -2.32. The van der Waals surface area contributed by atoms with E-state index < -0.39 is 11.2 Å². The normalized spacial score (nSPS) is 11.4. The van der Waals surface area contributed by atoms with Crippen LogP contribution in [0.2, 0.25) is 0 Å². The summed E-state index contributed by atoms with van der Waals surface area (Å²) in [6.07, 6.45) is 0. The maximum absolute atomic E-state index is 13.4. The molecule has 1 aromatic carbocycles. The van der Waals surface area contributed by atoms with E-state index in [2.05, 4.69) is 4.98 Å². The third kappa shape index (κ3) is 6.48. The highest BCUT2D eigenvalue weighted by molar-refractivity contribution is 5.83. The summed E-state index contributed by atoms with van der Waals surface area (Å²) >= 11 is 0. The number of nitrogens with two attached hydrogens (primary N) is 1. The van der Waals surface area contributed by atoms with E-state index in [1.807, 2.05) is 71.9 Å². The number of H-pyrrole nitrogens is 1. The summed E-state index contributed by atoms with van der Waals surface area (Å²) < 4.78 is 1.38. The molecule has 0 radical (unpaired) electrons. The molecule has 2 rings (SSSR count). The Morgan fingerprint density at radius 1 is 1.03 bits per heavy atom. The minimum absolute atomic E-state index is 0.00362. The number of aromatic amines is 1. The zero-order valence-electron chi connectivity index (χ0n) is 20.1. The number of anilines is 2. The Morgan fingerprint density at radius 2 is 1.66 bits per heavy atom. The van der Waals surface area contributed by atoms with Crippen LogP contribution in [-0.2, 0) is 17.9 Å². The summed E-state index contributed by atoms with van der Waals surface area (Å²) in [5.74, 6) is 0.329. The molecule has 0 aliphatic carbocycles. The van der Waals surface area contributed by atoms with Crippen molar-refractivity contribution in [2.24, 2.45) is 11.8 Å². The summed E-state index contributed by atoms with van der Waals surface area (Å²) in [7, 11) is 0. The number of hydrogen-bond donors (Lipinski definition) is 2. The molecule has 2 aromatic rings. The molecule has 0 fully saturated rings. The molecule has 0 spiro atoms. The molecule has 1 aromatic heterocycles. The van der Waals surface area contributed by atoms with E-state index in [0.717, 1.165) is 5.56 Å². The zero-order chi connectivity index (χ0) is 24.0. The number of hydrogen-bond acceptors (Lipinski definition) is 5. The molecule has 1 heterocycles. The van der Waals surface area contributed by atoms with Crippen LogP contribution >= 0.6 is 0 Å². The highest BCUT2D eigenvalue weighted by atomic mass is 16.2. The van der Waals surface area contributed by atoms with Gasteiger partial charge in [-0.2, -0.15) is 0 Å². The Hall–Kier alpha value is -3.03. The smallest absolute Gasteiger partial charge is 0.330 e. The van der Waals surface area contributed by atoms with E-state index in [0.29, 0.717) is 19.6 Å². The van der Waals surface area contributed by atoms with Gasteiger partial charge in [0.2, 0.25) is 5.91 Å². The maximum atomic E-state index is 13.4. The number of nitrogens with zero attached hydrogens (tertiary/aromatic N) is 3. The molecule has 0 saturated heterocycles. The van der Waals surface area contributed by atoms with Crippen LogP contribution in [0.15, 0.2) is 39.9 Å². The van der Waals surface area contributed by atoms with Crippen molar-refractivity contribution in [1.82, 2.24) is 14.5 Å². The largest absolute Gasteiger partial charge is 0.383 e. The minimum atomic E-state index is -0.569. The van der Waals surface area contributed by atoms with Gasteiger partial charge in [-0.3, -0.25) is 19.1 Å². The third-order valence-corrected chi connectivity index (χ3v) is 5.13. The molecule has 8 heteroatoms. The first-order valence-electron chi connectivity index (χ1n) is 11.2. The van der Waals surface area contributed by atoms with Crippen LogP contribution in [-0.4, -0.2) is 39.5 Å². The van der Waals surface area contributed by atoms with Crippen LogP contribution in [0.4, 0.5) is 11.5 Å². The van der Waals surface area contributed by atoms with Gasteiger partial charge in [0.1, 0.15) is 11.5 Å². The van der Waals surface area contributed by atoms with E-state index in [4.69, 9.17) is 5.73 Å². The van der Waals surface area contributed by atoms with E-state index >= 15 is 0 Å². The lowest BCUT2D eigenvalue weighted by atomic mass is 10.1. The van der Waals surface area contributed by atoms with Gasteiger partial charge < -0.3 is 15.5 Å². The van der Waals surface area contributed by atoms with Crippen LogP contribution in [0.1, 0.15) is 47.1 Å². The van der Waals surface area contributed by atoms with Gasteiger partial charge >= 0.3 is 5.69 Å². The molecular formula is C24H37N5O3. The minimum Gasteiger partial charge on any atom is -0.383 e. The van der Waals surface area contributed by atoms with Crippen LogP contribution in [0.3, 0.4) is 0 Å². The maximum Gasteiger partial charge on any atom is 0.330 e. The Morgan fingerprint density at radius 3 is 2.19 bits per heavy atom. The Bertz CT molecular complexity index is 1010. The molecule has 8 nitrogen and oxygen atoms in total. The van der Waals surface area contributed by atoms with Gasteiger partial charge in [-0.15, -0.1) is 0 Å². The summed E-state index contributed by atoms with van der Waals surface area (Å²) in [5.41, 5.74) is 6.43. The highest BCUT2D eigenvalue weighted by Gasteiger charge is 2.25. The number of nitrogens with one attached hydrogen (secondary N) is 1. The average Bonchev–Trinajstić information content (AvgIpc) is 2.69. The molecule has 0 bridgehead atoms. The fraction of sp³-hybridized carbons (Fsp3) is 0.542. The molecule has 176 valence electrons. The van der Waals surface area contributed by atoms with Crippen LogP contribution < -0.4 is 21.9 Å². The molecule has 0 atom stereocenters. The van der Waals surface area contributed by atoms with Crippen molar-refractivity contribution < 1.29 is 4.79 Å². The monoisotopic (exact) mass is 443 g/mol. The van der Waals surface area contributed by atoms with Crippen molar-refractivity contribution in [3.05, 3.63) is 56.7 Å². The first kappa shape index (κ1) is 25.2. The number of carbonyl (C=O) groups excluding carboxylic acids is 1. The number of carbonyl (C=O) groups is 1. The van der Waals surface area contributed by atoms with E-state index in [9.17, 15) is 14.4 Å². The molecule has 1 amide bonds. The number of nitrogen functional groups attached to an aromatic ring is 1. The number of aromatic nitrogens is 2. The average molecular weight is 444 g/mol. The molecule has 3 N–H and O–H groups in total. The lowest BCUT2D eigenvalue weighted by Crippen LogP contribution is -2.47. The molecule has 32 heavy (non-hydrogen) atoms. The highest BCUT2D eigenvalue weighted by Crippen LogP contribution is 2.20. The Balaban J connectivity index is 2.43. The van der Waals surface area contributed by atoms with Crippen LogP contribution in [0.25, 0.3) is 0 Å². The summed E-state index contributed by atoms with van der Waals surface area (Å²) in [5, 5.41) is 0. The predicted octanol–water partition coefficient (Wildman–Crippen LogP) is 2.67. The zero-order valence-corrected chi connectivity index (χ0v) is 20.1. The fourth-order valence-electron chi connectivity index (χ4n) is 3.70. The molecule has 0 aliphatic rings. The summed E-state index contributed by atoms with van der Waals surface area (Å²) in [4.78, 5) is 44.4. The second-order valence-electron chi connectivity index (χ2n) is 9.37. The second-order valence-corrected chi connectivity index (χ2v) is 9.37. The van der Waals surface area contributed by atoms with E-state index in [-0.39, 0.29) is 41.8 Å². The third-order valence-electron chi connectivity index (χ3n) is 5.13. The van der Waals surface area contributed by atoms with Gasteiger partial charge in [0.05, 0.1) is 6.54 Å². The topological polar surface area (TPSA) is 104 Å². The van der Waals surface area contributed by atoms with Crippen LogP contribution in [0.5, 0.6) is 0 Å². The molecule has 0 saturated carbocycles. The Labute approximate surface area is 190 Å². The molecular weight excluding hydrogens is 406 g/mol. The molecule has 0 aliphatic heterocycles. The van der Waals surface area contributed by atoms with Gasteiger partial charge in [-0.1, -0.05) is 58.0 Å². The van der Waals surface area contributed by atoms with Crippen LogP contribution in [0, 0.1) is 11.8 Å². The number of rotatable bonds is 10. The number of benzene rings is 1. The molecule has 0 unspecified atom stereocenters. The number of amides is 1. The van der Waals surface area contributed by atoms with Crippen molar-refractivity contribution >= 4 is 17.4 Å². The standard InChI is InChI=1S/C24H37N5O3/c1-16(2)12-27(21-22(25)29(13-17(3)4)24(32)26-23(21)31)15-20(30)28(18(5)6)14-19-10-8-7-9-11-19/h7-11,16-18H,12-15,25H2,1-6H3,(H,26,31,32). The predicted molar refractivity (Wildman–Crippen MR) is 130 cm³/mol. The Kier molecular flexibility index (Phi) is 8.69. The van der Waals surface area contributed by atoms with Crippen molar-refractivity contribution in [2.45, 2.75) is 60.7 Å². The van der Waals surface area contributed by atoms with Crippen molar-refractivity contribution in [2.75, 3.05) is 23.7 Å². The van der Waals surface area contributed by atoms with Crippen molar-refractivity contribution in [3.63, 3.8) is 0 Å². The van der Waals surface area contributed by atoms with Gasteiger partial charge in [0.25, 0.3) is 5.56 Å². The van der Waals surface area contributed by atoms with Crippen molar-refractivity contribution in [3.8, 4) is 0 Å². The SMILES string of the molecule is CC(C)CN(CC(=O)N(Cc1ccccc1)C(C)C)c1c(N)n(CC(C)C)c(=O)[nH]c1=O. The van der Waals surface area contributed by atoms with Gasteiger partial charge in [-0.25, -0.2) is 4.79 Å². The summed E-state index contributed by atoms with van der Waals surface area (Å²) in [6, 6.07) is 9.78. The van der Waals surface area contributed by atoms with Crippen molar-refractivity contribution in [1.29, 1.82) is 0 Å².